The van der Waals surface area contributed by atoms with Crippen molar-refractivity contribution in [1.82, 2.24) is 10.2 Å². The molecule has 0 saturated carbocycles. The Balaban J connectivity index is 2.50. The fourth-order valence-electron chi connectivity index (χ4n) is 3.59. The summed E-state index contributed by atoms with van der Waals surface area (Å²) in [7, 11) is -3.82. The molecule has 0 bridgehead atoms. The van der Waals surface area contributed by atoms with Crippen LogP contribution >= 0.6 is 39.1 Å². The van der Waals surface area contributed by atoms with Gasteiger partial charge in [-0.2, -0.15) is 0 Å². The van der Waals surface area contributed by atoms with E-state index in [-0.39, 0.29) is 18.4 Å². The van der Waals surface area contributed by atoms with E-state index in [1.807, 2.05) is 20.8 Å². The lowest BCUT2D eigenvalue weighted by Gasteiger charge is -2.33. The minimum absolute atomic E-state index is 0.0537. The van der Waals surface area contributed by atoms with E-state index in [0.717, 1.165) is 20.6 Å². The summed E-state index contributed by atoms with van der Waals surface area (Å²) in [5.41, 5.74) is 1.64. The van der Waals surface area contributed by atoms with E-state index >= 15 is 0 Å². The molecule has 198 valence electrons. The highest BCUT2D eigenvalue weighted by Crippen LogP contribution is 2.28. The van der Waals surface area contributed by atoms with E-state index < -0.39 is 28.5 Å². The average Bonchev–Trinajstić information content (AvgIpc) is 2.78. The number of nitrogens with one attached hydrogen (secondary N) is 1. The van der Waals surface area contributed by atoms with Crippen LogP contribution in [0.5, 0.6) is 0 Å². The van der Waals surface area contributed by atoms with Crippen LogP contribution in [-0.4, -0.2) is 50.5 Å². The van der Waals surface area contributed by atoms with Gasteiger partial charge in [0, 0.05) is 33.2 Å². The largest absolute Gasteiger partial charge is 0.354 e. The molecule has 11 heteroatoms. The van der Waals surface area contributed by atoms with E-state index in [1.165, 1.54) is 4.90 Å². The minimum Gasteiger partial charge on any atom is -0.354 e. The summed E-state index contributed by atoms with van der Waals surface area (Å²) >= 11 is 16.2. The number of carbonyl (C=O) groups excluding carboxylic acids is 2. The number of nitrogens with zero attached hydrogens (tertiary/aromatic N) is 2. The molecule has 1 unspecified atom stereocenters. The normalized spacial score (nSPS) is 12.4. The van der Waals surface area contributed by atoms with Crippen LogP contribution in [0.1, 0.15) is 38.3 Å². The Morgan fingerprint density at radius 2 is 1.72 bits per heavy atom. The van der Waals surface area contributed by atoms with Gasteiger partial charge in [0.25, 0.3) is 0 Å². The monoisotopic (exact) mass is 619 g/mol. The van der Waals surface area contributed by atoms with Crippen molar-refractivity contribution in [3.8, 4) is 0 Å². The van der Waals surface area contributed by atoms with Crippen molar-refractivity contribution < 1.29 is 18.0 Å². The first-order valence-electron chi connectivity index (χ1n) is 11.5. The fourth-order valence-corrected chi connectivity index (χ4v) is 5.20. The number of halogens is 3. The number of hydrogen-bond donors (Lipinski definition) is 1. The van der Waals surface area contributed by atoms with Gasteiger partial charge in [-0.25, -0.2) is 8.42 Å². The number of hydrogen-bond acceptors (Lipinski definition) is 4. The highest BCUT2D eigenvalue weighted by Gasteiger charge is 2.32. The predicted molar refractivity (Wildman–Crippen MR) is 150 cm³/mol. The van der Waals surface area contributed by atoms with Crippen molar-refractivity contribution >= 4 is 66.7 Å². The van der Waals surface area contributed by atoms with Crippen LogP contribution in [0, 0.1) is 12.8 Å². The number of anilines is 1. The Hall–Kier alpha value is -1.81. The molecule has 0 aliphatic rings. The molecule has 0 fully saturated rings. The van der Waals surface area contributed by atoms with Crippen molar-refractivity contribution in [2.45, 2.75) is 46.7 Å². The van der Waals surface area contributed by atoms with Crippen LogP contribution in [0.25, 0.3) is 0 Å². The summed E-state index contributed by atoms with van der Waals surface area (Å²) in [6.45, 7) is 7.46. The second-order valence-electron chi connectivity index (χ2n) is 8.99. The van der Waals surface area contributed by atoms with Crippen molar-refractivity contribution in [1.29, 1.82) is 0 Å². The zero-order valence-corrected chi connectivity index (χ0v) is 24.9. The molecule has 0 aliphatic carbocycles. The minimum atomic E-state index is -3.82. The van der Waals surface area contributed by atoms with E-state index in [4.69, 9.17) is 23.2 Å². The Morgan fingerprint density at radius 3 is 2.22 bits per heavy atom. The summed E-state index contributed by atoms with van der Waals surface area (Å²) in [6.07, 6.45) is 1.35. The average molecular weight is 621 g/mol. The predicted octanol–water partition coefficient (Wildman–Crippen LogP) is 5.41. The first-order valence-corrected chi connectivity index (χ1v) is 14.9. The quantitative estimate of drug-likeness (QED) is 0.364. The molecule has 0 radical (unpaired) electrons. The van der Waals surface area contributed by atoms with Gasteiger partial charge in [-0.05, 0) is 55.2 Å². The molecule has 2 amide bonds. The summed E-state index contributed by atoms with van der Waals surface area (Å²) in [4.78, 5) is 28.2. The molecule has 0 spiro atoms. The van der Waals surface area contributed by atoms with Crippen LogP contribution in [-0.2, 0) is 26.2 Å². The van der Waals surface area contributed by atoms with Crippen LogP contribution < -0.4 is 9.62 Å². The summed E-state index contributed by atoms with van der Waals surface area (Å²) in [5.74, 6) is -0.661. The number of amides is 2. The molecule has 1 N–H and O–H groups in total. The molecule has 2 aromatic rings. The first kappa shape index (κ1) is 30.4. The number of benzene rings is 2. The van der Waals surface area contributed by atoms with Crippen molar-refractivity contribution in [3.63, 3.8) is 0 Å². The van der Waals surface area contributed by atoms with Gasteiger partial charge in [0.2, 0.25) is 21.8 Å². The van der Waals surface area contributed by atoms with Gasteiger partial charge in [-0.1, -0.05) is 66.0 Å². The molecule has 0 aliphatic heterocycles. The lowest BCUT2D eigenvalue weighted by molar-refractivity contribution is -0.140. The molecule has 7 nitrogen and oxygen atoms in total. The lowest BCUT2D eigenvalue weighted by Crippen LogP contribution is -2.52. The van der Waals surface area contributed by atoms with Crippen LogP contribution in [0.15, 0.2) is 40.9 Å². The van der Waals surface area contributed by atoms with Gasteiger partial charge in [-0.15, -0.1) is 0 Å². The maximum absolute atomic E-state index is 13.7. The fraction of sp³-hybridized carbons (Fsp3) is 0.440. The zero-order chi connectivity index (χ0) is 27.2. The third-order valence-electron chi connectivity index (χ3n) is 5.57. The molecule has 0 saturated heterocycles. The lowest BCUT2D eigenvalue weighted by atomic mass is 10.1. The van der Waals surface area contributed by atoms with Gasteiger partial charge in [0.15, 0.2) is 0 Å². The van der Waals surface area contributed by atoms with Crippen molar-refractivity contribution in [2.24, 2.45) is 5.92 Å². The smallest absolute Gasteiger partial charge is 0.244 e. The SMILES string of the molecule is CCC(C(=O)NCC(C)C)N(Cc1c(Cl)cccc1Cl)C(=O)CN(c1ccc(Br)c(C)c1)S(C)(=O)=O. The van der Waals surface area contributed by atoms with E-state index in [0.29, 0.717) is 34.3 Å². The highest BCUT2D eigenvalue weighted by molar-refractivity contribution is 9.10. The van der Waals surface area contributed by atoms with Crippen LogP contribution in [0.2, 0.25) is 10.0 Å². The van der Waals surface area contributed by atoms with Gasteiger partial charge in [-0.3, -0.25) is 13.9 Å². The number of rotatable bonds is 11. The Morgan fingerprint density at radius 1 is 1.11 bits per heavy atom. The topological polar surface area (TPSA) is 86.8 Å². The molecular formula is C25H32BrCl2N3O4S. The standard InChI is InChI=1S/C25H32BrCl2N3O4S/c1-6-23(25(33)29-13-16(2)3)30(14-19-21(27)8-7-9-22(19)28)24(32)15-31(36(5,34)35)18-10-11-20(26)17(4)12-18/h7-12,16,23H,6,13-15H2,1-5H3,(H,29,33). The van der Waals surface area contributed by atoms with Gasteiger partial charge >= 0.3 is 0 Å². The maximum atomic E-state index is 13.7. The third-order valence-corrected chi connectivity index (χ3v) is 8.31. The van der Waals surface area contributed by atoms with Gasteiger partial charge in [0.1, 0.15) is 12.6 Å². The van der Waals surface area contributed by atoms with Crippen LogP contribution in [0.4, 0.5) is 5.69 Å². The van der Waals surface area contributed by atoms with E-state index in [9.17, 15) is 18.0 Å². The molecule has 0 heterocycles. The zero-order valence-electron chi connectivity index (χ0n) is 21.0. The van der Waals surface area contributed by atoms with E-state index in [1.54, 1.807) is 43.3 Å². The van der Waals surface area contributed by atoms with Crippen molar-refractivity contribution in [2.75, 3.05) is 23.7 Å². The molecule has 2 aromatic carbocycles. The van der Waals surface area contributed by atoms with E-state index in [2.05, 4.69) is 21.2 Å². The Bertz CT molecular complexity index is 1190. The van der Waals surface area contributed by atoms with Crippen LogP contribution in [0.3, 0.4) is 0 Å². The first-order chi connectivity index (χ1) is 16.8. The number of sulfonamides is 1. The Kier molecular flexibility index (Phi) is 11.1. The molecule has 0 aromatic heterocycles. The second-order valence-corrected chi connectivity index (χ2v) is 12.6. The molecule has 1 atom stereocenters. The number of carbonyl (C=O) groups is 2. The maximum Gasteiger partial charge on any atom is 0.244 e. The molecule has 2 rings (SSSR count). The third kappa shape index (κ3) is 8.10. The Labute approximate surface area is 232 Å². The molecular weight excluding hydrogens is 589 g/mol. The summed E-state index contributed by atoms with van der Waals surface area (Å²) < 4.78 is 27.3. The van der Waals surface area contributed by atoms with Gasteiger partial charge in [0.05, 0.1) is 11.9 Å². The summed E-state index contributed by atoms with van der Waals surface area (Å²) in [5, 5.41) is 3.57. The number of aryl methyl sites for hydroxylation is 1. The van der Waals surface area contributed by atoms with Crippen molar-refractivity contribution in [3.05, 3.63) is 62.0 Å². The second kappa shape index (κ2) is 13.1. The highest BCUT2D eigenvalue weighted by atomic mass is 79.9. The summed E-state index contributed by atoms with van der Waals surface area (Å²) in [6, 6.07) is 9.17. The van der Waals surface area contributed by atoms with Gasteiger partial charge < -0.3 is 10.2 Å². The molecule has 36 heavy (non-hydrogen) atoms.